The summed E-state index contributed by atoms with van der Waals surface area (Å²) in [7, 11) is 1.77. The number of aliphatic imine (C=N–C) groups is 1. The number of aromatic nitrogens is 3. The highest BCUT2D eigenvalue weighted by atomic mass is 16.5. The molecule has 0 aromatic carbocycles. The molecule has 26 heavy (non-hydrogen) atoms. The lowest BCUT2D eigenvalue weighted by atomic mass is 10.2. The SMILES string of the molecule is CN=C(NCCCOC1CCOC1)NCc1ccnc(-n2cccn2)c1. The van der Waals surface area contributed by atoms with Crippen molar-refractivity contribution in [2.45, 2.75) is 25.5 Å². The third kappa shape index (κ3) is 5.53. The molecule has 1 aliphatic rings. The van der Waals surface area contributed by atoms with Crippen LogP contribution in [0.1, 0.15) is 18.4 Å². The fraction of sp³-hybridized carbons (Fsp3) is 0.500. The van der Waals surface area contributed by atoms with Crippen molar-refractivity contribution in [2.75, 3.05) is 33.4 Å². The Morgan fingerprint density at radius 3 is 3.15 bits per heavy atom. The minimum Gasteiger partial charge on any atom is -0.379 e. The molecule has 1 unspecified atom stereocenters. The zero-order valence-electron chi connectivity index (χ0n) is 15.1. The summed E-state index contributed by atoms with van der Waals surface area (Å²) in [6.45, 7) is 3.74. The second-order valence-electron chi connectivity index (χ2n) is 6.04. The molecule has 2 N–H and O–H groups in total. The maximum atomic E-state index is 5.76. The lowest BCUT2D eigenvalue weighted by Crippen LogP contribution is -2.37. The second-order valence-corrected chi connectivity index (χ2v) is 6.04. The molecule has 0 amide bonds. The number of rotatable bonds is 8. The van der Waals surface area contributed by atoms with E-state index in [0.29, 0.717) is 6.54 Å². The van der Waals surface area contributed by atoms with Crippen molar-refractivity contribution in [1.29, 1.82) is 0 Å². The largest absolute Gasteiger partial charge is 0.379 e. The van der Waals surface area contributed by atoms with Crippen LogP contribution in [0.3, 0.4) is 0 Å². The molecule has 1 atom stereocenters. The summed E-state index contributed by atoms with van der Waals surface area (Å²) in [4.78, 5) is 8.59. The minimum absolute atomic E-state index is 0.267. The van der Waals surface area contributed by atoms with Gasteiger partial charge in [-0.1, -0.05) is 0 Å². The molecule has 3 rings (SSSR count). The van der Waals surface area contributed by atoms with Crippen LogP contribution in [0.5, 0.6) is 0 Å². The van der Waals surface area contributed by atoms with Gasteiger partial charge in [0.2, 0.25) is 0 Å². The fourth-order valence-electron chi connectivity index (χ4n) is 2.68. The van der Waals surface area contributed by atoms with Crippen molar-refractivity contribution in [3.8, 4) is 5.82 Å². The molecule has 2 aromatic rings. The van der Waals surface area contributed by atoms with Crippen LogP contribution in [-0.2, 0) is 16.0 Å². The average molecular weight is 358 g/mol. The standard InChI is InChI=1S/C18H26N6O2/c1-19-18(21-6-3-10-26-16-5-11-25-14-16)22-13-15-4-8-20-17(12-15)24-9-2-7-23-24/h2,4,7-9,12,16H,3,5-6,10-11,13-14H2,1H3,(H2,19,21,22). The molecular weight excluding hydrogens is 332 g/mol. The normalized spacial score (nSPS) is 17.4. The number of pyridine rings is 1. The van der Waals surface area contributed by atoms with Crippen LogP contribution in [0, 0.1) is 0 Å². The van der Waals surface area contributed by atoms with Gasteiger partial charge >= 0.3 is 0 Å². The maximum absolute atomic E-state index is 5.76. The quantitative estimate of drug-likeness (QED) is 0.418. The Kier molecular flexibility index (Phi) is 6.97. The van der Waals surface area contributed by atoms with E-state index in [-0.39, 0.29) is 6.10 Å². The molecule has 1 saturated heterocycles. The smallest absolute Gasteiger partial charge is 0.191 e. The van der Waals surface area contributed by atoms with E-state index in [1.54, 1.807) is 24.1 Å². The highest BCUT2D eigenvalue weighted by Crippen LogP contribution is 2.08. The van der Waals surface area contributed by atoms with Crippen LogP contribution in [0.15, 0.2) is 41.8 Å². The van der Waals surface area contributed by atoms with E-state index >= 15 is 0 Å². The summed E-state index contributed by atoms with van der Waals surface area (Å²) in [6, 6.07) is 5.86. The van der Waals surface area contributed by atoms with Gasteiger partial charge in [0.15, 0.2) is 11.8 Å². The molecule has 3 heterocycles. The third-order valence-electron chi connectivity index (χ3n) is 4.09. The van der Waals surface area contributed by atoms with Gasteiger partial charge in [-0.15, -0.1) is 0 Å². The predicted octanol–water partition coefficient (Wildman–Crippen LogP) is 1.13. The van der Waals surface area contributed by atoms with Gasteiger partial charge in [-0.3, -0.25) is 4.99 Å². The highest BCUT2D eigenvalue weighted by molar-refractivity contribution is 5.79. The van der Waals surface area contributed by atoms with Crippen LogP contribution in [0.4, 0.5) is 0 Å². The van der Waals surface area contributed by atoms with Crippen molar-refractivity contribution >= 4 is 5.96 Å². The minimum atomic E-state index is 0.267. The average Bonchev–Trinajstić information content (AvgIpc) is 3.38. The first-order chi connectivity index (χ1) is 12.8. The summed E-state index contributed by atoms with van der Waals surface area (Å²) in [5, 5.41) is 10.8. The van der Waals surface area contributed by atoms with Crippen LogP contribution >= 0.6 is 0 Å². The van der Waals surface area contributed by atoms with Crippen LogP contribution < -0.4 is 10.6 Å². The Hall–Kier alpha value is -2.45. The lowest BCUT2D eigenvalue weighted by molar-refractivity contribution is 0.0420. The monoisotopic (exact) mass is 358 g/mol. The van der Waals surface area contributed by atoms with Crippen LogP contribution in [0.25, 0.3) is 5.82 Å². The Morgan fingerprint density at radius 2 is 2.38 bits per heavy atom. The third-order valence-corrected chi connectivity index (χ3v) is 4.09. The molecule has 0 aliphatic carbocycles. The van der Waals surface area contributed by atoms with E-state index in [9.17, 15) is 0 Å². The van der Waals surface area contributed by atoms with Gasteiger partial charge in [0, 0.05) is 51.9 Å². The van der Waals surface area contributed by atoms with E-state index in [1.165, 1.54) is 0 Å². The van der Waals surface area contributed by atoms with E-state index < -0.39 is 0 Å². The number of guanidine groups is 1. The number of nitrogens with zero attached hydrogens (tertiary/aromatic N) is 4. The van der Waals surface area contributed by atoms with Crippen molar-refractivity contribution in [1.82, 2.24) is 25.4 Å². The summed E-state index contributed by atoms with van der Waals surface area (Å²) in [5.74, 6) is 1.57. The first kappa shape index (κ1) is 18.3. The molecular formula is C18H26N6O2. The number of hydrogen-bond acceptors (Lipinski definition) is 5. The summed E-state index contributed by atoms with van der Waals surface area (Å²) in [5.41, 5.74) is 1.11. The highest BCUT2D eigenvalue weighted by Gasteiger charge is 2.15. The summed E-state index contributed by atoms with van der Waals surface area (Å²) >= 11 is 0. The Bertz CT molecular complexity index is 683. The Balaban J connectivity index is 1.38. The molecule has 140 valence electrons. The van der Waals surface area contributed by atoms with Crippen LogP contribution in [-0.4, -0.2) is 60.2 Å². The van der Waals surface area contributed by atoms with Crippen molar-refractivity contribution in [3.63, 3.8) is 0 Å². The summed E-state index contributed by atoms with van der Waals surface area (Å²) < 4.78 is 12.8. The van der Waals surface area contributed by atoms with Gasteiger partial charge in [-0.05, 0) is 36.6 Å². The molecule has 0 saturated carbocycles. The lowest BCUT2D eigenvalue weighted by Gasteiger charge is -2.13. The zero-order valence-corrected chi connectivity index (χ0v) is 15.1. The second kappa shape index (κ2) is 9.88. The Morgan fingerprint density at radius 1 is 1.42 bits per heavy atom. The van der Waals surface area contributed by atoms with E-state index in [4.69, 9.17) is 9.47 Å². The topological polar surface area (TPSA) is 85.6 Å². The molecule has 1 aliphatic heterocycles. The molecule has 2 aromatic heterocycles. The van der Waals surface area contributed by atoms with Crippen LogP contribution in [0.2, 0.25) is 0 Å². The fourth-order valence-corrected chi connectivity index (χ4v) is 2.68. The molecule has 8 heteroatoms. The van der Waals surface area contributed by atoms with E-state index in [2.05, 4.69) is 25.7 Å². The molecule has 1 fully saturated rings. The number of nitrogens with one attached hydrogen (secondary N) is 2. The number of ether oxygens (including phenoxy) is 2. The van der Waals surface area contributed by atoms with Crippen molar-refractivity contribution < 1.29 is 9.47 Å². The van der Waals surface area contributed by atoms with Crippen molar-refractivity contribution in [3.05, 3.63) is 42.4 Å². The first-order valence-electron chi connectivity index (χ1n) is 8.94. The van der Waals surface area contributed by atoms with E-state index in [1.807, 2.05) is 24.4 Å². The predicted molar refractivity (Wildman–Crippen MR) is 99.4 cm³/mol. The van der Waals surface area contributed by atoms with Gasteiger partial charge in [-0.25, -0.2) is 9.67 Å². The maximum Gasteiger partial charge on any atom is 0.191 e. The van der Waals surface area contributed by atoms with Gasteiger partial charge in [0.25, 0.3) is 0 Å². The Labute approximate surface area is 153 Å². The zero-order chi connectivity index (χ0) is 18.0. The van der Waals surface area contributed by atoms with Gasteiger partial charge in [0.05, 0.1) is 12.7 Å². The summed E-state index contributed by atoms with van der Waals surface area (Å²) in [6.07, 6.45) is 7.60. The molecule has 0 radical (unpaired) electrons. The van der Waals surface area contributed by atoms with Gasteiger partial charge in [-0.2, -0.15) is 5.10 Å². The first-order valence-corrected chi connectivity index (χ1v) is 8.94. The van der Waals surface area contributed by atoms with Crippen molar-refractivity contribution in [2.24, 2.45) is 4.99 Å². The number of hydrogen-bond donors (Lipinski definition) is 2. The molecule has 0 bridgehead atoms. The van der Waals surface area contributed by atoms with Gasteiger partial charge in [0.1, 0.15) is 0 Å². The van der Waals surface area contributed by atoms with Gasteiger partial charge < -0.3 is 20.1 Å². The van der Waals surface area contributed by atoms with E-state index in [0.717, 1.165) is 56.5 Å². The molecule has 8 nitrogen and oxygen atoms in total. The molecule has 0 spiro atoms.